The Hall–Kier alpha value is -3.03. The van der Waals surface area contributed by atoms with Crippen molar-refractivity contribution in [1.29, 1.82) is 0 Å². The van der Waals surface area contributed by atoms with Gasteiger partial charge in [0.25, 0.3) is 5.56 Å². The van der Waals surface area contributed by atoms with Gasteiger partial charge in [0.1, 0.15) is 10.8 Å². The Labute approximate surface area is 192 Å². The lowest BCUT2D eigenvalue weighted by Crippen LogP contribution is -2.28. The average Bonchev–Trinajstić information content (AvgIpc) is 3.20. The van der Waals surface area contributed by atoms with Crippen LogP contribution in [0.4, 0.5) is 0 Å². The van der Waals surface area contributed by atoms with Crippen molar-refractivity contribution in [3.63, 3.8) is 0 Å². The summed E-state index contributed by atoms with van der Waals surface area (Å²) in [7, 11) is 0. The molecule has 0 radical (unpaired) electrons. The van der Waals surface area contributed by atoms with Crippen LogP contribution in [-0.4, -0.2) is 32.6 Å². The first-order valence-corrected chi connectivity index (χ1v) is 11.7. The van der Waals surface area contributed by atoms with Gasteiger partial charge in [-0.3, -0.25) is 9.69 Å². The van der Waals surface area contributed by atoms with E-state index in [0.29, 0.717) is 24.0 Å². The summed E-state index contributed by atoms with van der Waals surface area (Å²) in [5.74, 6) is 1.38. The van der Waals surface area contributed by atoms with Crippen LogP contribution in [0.3, 0.4) is 0 Å². The Morgan fingerprint density at radius 1 is 1.06 bits per heavy atom. The molecular formula is C25H28N4O2S. The lowest BCUT2D eigenvalue weighted by atomic mass is 10.1. The summed E-state index contributed by atoms with van der Waals surface area (Å²) >= 11 is 1.44. The van der Waals surface area contributed by atoms with Gasteiger partial charge < -0.3 is 4.74 Å². The summed E-state index contributed by atoms with van der Waals surface area (Å²) in [5.41, 5.74) is 2.82. The first-order chi connectivity index (χ1) is 15.5. The van der Waals surface area contributed by atoms with Crippen molar-refractivity contribution in [2.24, 2.45) is 5.92 Å². The van der Waals surface area contributed by atoms with E-state index in [1.807, 2.05) is 49.4 Å². The summed E-state index contributed by atoms with van der Waals surface area (Å²) in [5, 5.41) is 5.27. The summed E-state index contributed by atoms with van der Waals surface area (Å²) in [4.78, 5) is 20.5. The van der Waals surface area contributed by atoms with E-state index in [-0.39, 0.29) is 5.56 Å². The highest BCUT2D eigenvalue weighted by Crippen LogP contribution is 2.24. The molecule has 4 aromatic rings. The van der Waals surface area contributed by atoms with Crippen molar-refractivity contribution in [3.05, 3.63) is 82.3 Å². The molecule has 0 saturated carbocycles. The van der Waals surface area contributed by atoms with Crippen molar-refractivity contribution >= 4 is 16.3 Å². The van der Waals surface area contributed by atoms with Gasteiger partial charge >= 0.3 is 0 Å². The van der Waals surface area contributed by atoms with E-state index < -0.39 is 0 Å². The van der Waals surface area contributed by atoms with E-state index in [4.69, 9.17) is 9.72 Å². The third kappa shape index (κ3) is 5.41. The molecule has 166 valence electrons. The summed E-state index contributed by atoms with van der Waals surface area (Å²) in [6.45, 7) is 9.34. The zero-order chi connectivity index (χ0) is 22.5. The molecule has 0 aliphatic rings. The molecule has 0 bridgehead atoms. The van der Waals surface area contributed by atoms with E-state index in [9.17, 15) is 4.79 Å². The third-order valence-electron chi connectivity index (χ3n) is 4.97. The lowest BCUT2D eigenvalue weighted by Gasteiger charge is -2.24. The van der Waals surface area contributed by atoms with E-state index >= 15 is 0 Å². The van der Waals surface area contributed by atoms with Crippen molar-refractivity contribution in [1.82, 2.24) is 19.5 Å². The lowest BCUT2D eigenvalue weighted by molar-refractivity contribution is 0.225. The Balaban J connectivity index is 1.57. The molecule has 6 nitrogen and oxygen atoms in total. The standard InChI is InChI=1S/C25H28N4O2S/c1-4-31-22-12-10-19(11-13-22)16-28(15-18(2)3)17-21-14-23(30)29-25(26-21)32-24(27-29)20-8-6-5-7-9-20/h5-14,18H,4,15-17H2,1-3H3. The second kappa shape index (κ2) is 10.1. The van der Waals surface area contributed by atoms with Gasteiger partial charge in [0, 0.05) is 31.3 Å². The van der Waals surface area contributed by atoms with Gasteiger partial charge in [0.15, 0.2) is 0 Å². The van der Waals surface area contributed by atoms with Gasteiger partial charge in [-0.05, 0) is 30.5 Å². The molecule has 0 spiro atoms. The number of hydrogen-bond donors (Lipinski definition) is 0. The van der Waals surface area contributed by atoms with Crippen LogP contribution in [0, 0.1) is 5.92 Å². The maximum Gasteiger partial charge on any atom is 0.275 e. The monoisotopic (exact) mass is 448 g/mol. The quantitative estimate of drug-likeness (QED) is 0.365. The van der Waals surface area contributed by atoms with Gasteiger partial charge in [0.2, 0.25) is 4.96 Å². The van der Waals surface area contributed by atoms with Crippen molar-refractivity contribution < 1.29 is 4.74 Å². The number of hydrogen-bond acceptors (Lipinski definition) is 6. The number of rotatable bonds is 9. The highest BCUT2D eigenvalue weighted by molar-refractivity contribution is 7.19. The van der Waals surface area contributed by atoms with E-state index in [2.05, 4.69) is 36.0 Å². The highest BCUT2D eigenvalue weighted by atomic mass is 32.1. The van der Waals surface area contributed by atoms with Gasteiger partial charge in [-0.1, -0.05) is 67.6 Å². The molecule has 0 unspecified atom stereocenters. The fraction of sp³-hybridized carbons (Fsp3) is 0.320. The zero-order valence-electron chi connectivity index (χ0n) is 18.7. The molecule has 0 aliphatic heterocycles. The molecule has 0 atom stereocenters. The third-order valence-corrected chi connectivity index (χ3v) is 5.93. The fourth-order valence-corrected chi connectivity index (χ4v) is 4.61. The molecular weight excluding hydrogens is 420 g/mol. The minimum Gasteiger partial charge on any atom is -0.494 e. The van der Waals surface area contributed by atoms with Crippen LogP contribution >= 0.6 is 11.3 Å². The van der Waals surface area contributed by atoms with E-state index in [1.54, 1.807) is 6.07 Å². The van der Waals surface area contributed by atoms with Gasteiger partial charge in [0.05, 0.1) is 12.3 Å². The predicted molar refractivity (Wildman–Crippen MR) is 129 cm³/mol. The van der Waals surface area contributed by atoms with Crippen LogP contribution < -0.4 is 10.3 Å². The van der Waals surface area contributed by atoms with Crippen LogP contribution in [0.2, 0.25) is 0 Å². The topological polar surface area (TPSA) is 59.7 Å². The van der Waals surface area contributed by atoms with Crippen molar-refractivity contribution in [2.75, 3.05) is 13.2 Å². The Kier molecular flexibility index (Phi) is 6.97. The molecule has 32 heavy (non-hydrogen) atoms. The summed E-state index contributed by atoms with van der Waals surface area (Å²) < 4.78 is 6.95. The van der Waals surface area contributed by atoms with Crippen LogP contribution in [-0.2, 0) is 13.1 Å². The number of fused-ring (bicyclic) bond motifs is 1. The van der Waals surface area contributed by atoms with Crippen LogP contribution in [0.1, 0.15) is 32.0 Å². The Morgan fingerprint density at radius 2 is 1.81 bits per heavy atom. The van der Waals surface area contributed by atoms with E-state index in [1.165, 1.54) is 21.4 Å². The van der Waals surface area contributed by atoms with Gasteiger partial charge in [-0.2, -0.15) is 9.61 Å². The second-order valence-electron chi connectivity index (χ2n) is 8.19. The predicted octanol–water partition coefficient (Wildman–Crippen LogP) is 4.87. The number of ether oxygens (including phenoxy) is 1. The normalized spacial score (nSPS) is 11.5. The maximum absolute atomic E-state index is 12.7. The molecule has 2 heterocycles. The number of aromatic nitrogens is 3. The maximum atomic E-state index is 12.7. The Bertz CT molecular complexity index is 1220. The van der Waals surface area contributed by atoms with Crippen molar-refractivity contribution in [2.45, 2.75) is 33.9 Å². The minimum atomic E-state index is -0.144. The first kappa shape index (κ1) is 22.2. The molecule has 2 aromatic carbocycles. The van der Waals surface area contributed by atoms with Crippen LogP contribution in [0.25, 0.3) is 15.5 Å². The Morgan fingerprint density at radius 3 is 2.50 bits per heavy atom. The van der Waals surface area contributed by atoms with Gasteiger partial charge in [-0.15, -0.1) is 0 Å². The molecule has 4 rings (SSSR count). The molecule has 7 heteroatoms. The van der Waals surface area contributed by atoms with Crippen LogP contribution in [0.5, 0.6) is 5.75 Å². The zero-order valence-corrected chi connectivity index (χ0v) is 19.5. The summed E-state index contributed by atoms with van der Waals surface area (Å²) in [6.07, 6.45) is 0. The smallest absolute Gasteiger partial charge is 0.275 e. The number of nitrogens with zero attached hydrogens (tertiary/aromatic N) is 4. The molecule has 2 aromatic heterocycles. The molecule has 0 aliphatic carbocycles. The second-order valence-corrected chi connectivity index (χ2v) is 9.15. The molecule has 0 amide bonds. The van der Waals surface area contributed by atoms with Crippen molar-refractivity contribution in [3.8, 4) is 16.3 Å². The van der Waals surface area contributed by atoms with E-state index in [0.717, 1.165) is 35.1 Å². The largest absolute Gasteiger partial charge is 0.494 e. The fourth-order valence-electron chi connectivity index (χ4n) is 3.68. The minimum absolute atomic E-state index is 0.144. The molecule has 0 fully saturated rings. The highest BCUT2D eigenvalue weighted by Gasteiger charge is 2.14. The number of benzene rings is 2. The van der Waals surface area contributed by atoms with Gasteiger partial charge in [-0.25, -0.2) is 4.98 Å². The molecule has 0 N–H and O–H groups in total. The average molecular weight is 449 g/mol. The SMILES string of the molecule is CCOc1ccc(CN(Cc2cc(=O)n3nc(-c4ccccc4)sc3n2)CC(C)C)cc1. The molecule has 0 saturated heterocycles. The van der Waals surface area contributed by atoms with Crippen LogP contribution in [0.15, 0.2) is 65.5 Å². The first-order valence-electron chi connectivity index (χ1n) is 10.9. The summed E-state index contributed by atoms with van der Waals surface area (Å²) in [6, 6.07) is 19.7.